The van der Waals surface area contributed by atoms with Crippen LogP contribution in [0.4, 0.5) is 39.5 Å². The molecular formula is C5H3F9O2. The van der Waals surface area contributed by atoms with Gasteiger partial charge >= 0.3 is 23.9 Å². The summed E-state index contributed by atoms with van der Waals surface area (Å²) in [7, 11) is 0. The van der Waals surface area contributed by atoms with E-state index >= 15 is 0 Å². The van der Waals surface area contributed by atoms with Crippen LogP contribution < -0.4 is 0 Å². The molecule has 0 aliphatic carbocycles. The van der Waals surface area contributed by atoms with Gasteiger partial charge in [-0.3, -0.25) is 5.26 Å². The Hall–Kier alpha value is -0.710. The molecule has 0 aromatic carbocycles. The fourth-order valence-electron chi connectivity index (χ4n) is 0.579. The van der Waals surface area contributed by atoms with Gasteiger partial charge in [-0.2, -0.15) is 39.5 Å². The third kappa shape index (κ3) is 2.19. The van der Waals surface area contributed by atoms with E-state index in [2.05, 4.69) is 4.89 Å². The maximum absolute atomic E-state index is 12.3. The lowest BCUT2D eigenvalue weighted by Gasteiger charge is -2.32. The Bertz CT molecular complexity index is 245. The average molecular weight is 266 g/mol. The molecule has 11 heteroatoms. The second-order valence-corrected chi connectivity index (χ2v) is 2.62. The van der Waals surface area contributed by atoms with E-state index in [-0.39, 0.29) is 0 Å². The quantitative estimate of drug-likeness (QED) is 0.481. The third-order valence-corrected chi connectivity index (χ3v) is 1.46. The highest BCUT2D eigenvalue weighted by atomic mass is 19.4. The fourth-order valence-corrected chi connectivity index (χ4v) is 0.579. The van der Waals surface area contributed by atoms with Gasteiger partial charge in [-0.15, -0.1) is 0 Å². The first-order valence-corrected chi connectivity index (χ1v) is 3.28. The summed E-state index contributed by atoms with van der Waals surface area (Å²) in [4.78, 5) is 2.47. The van der Waals surface area contributed by atoms with Crippen molar-refractivity contribution in [1.82, 2.24) is 0 Å². The molecule has 0 radical (unpaired) electrons. The van der Waals surface area contributed by atoms with Crippen molar-refractivity contribution in [2.24, 2.45) is 0 Å². The van der Waals surface area contributed by atoms with Gasteiger partial charge in [-0.05, 0) is 0 Å². The summed E-state index contributed by atoms with van der Waals surface area (Å²) in [6.07, 6.45) is -6.87. The lowest BCUT2D eigenvalue weighted by atomic mass is 10.1. The summed E-state index contributed by atoms with van der Waals surface area (Å²) in [5.41, 5.74) is 0. The monoisotopic (exact) mass is 266 g/mol. The summed E-state index contributed by atoms with van der Waals surface area (Å²) < 4.78 is 107. The molecular weight excluding hydrogens is 263 g/mol. The fraction of sp³-hybridized carbons (Fsp3) is 1.00. The van der Waals surface area contributed by atoms with Gasteiger partial charge < -0.3 is 0 Å². The van der Waals surface area contributed by atoms with E-state index in [0.29, 0.717) is 0 Å². The standard InChI is InChI=1S/C5H3F9O2/c6-2(7,1-16-15)3(8,9)4(10,11)5(12,13)14/h15H,1H2. The number of rotatable bonds is 4. The molecule has 0 amide bonds. The van der Waals surface area contributed by atoms with Gasteiger partial charge in [0, 0.05) is 0 Å². The van der Waals surface area contributed by atoms with Crippen molar-refractivity contribution < 1.29 is 49.7 Å². The molecule has 0 aliphatic heterocycles. The molecule has 0 saturated heterocycles. The van der Waals surface area contributed by atoms with E-state index in [1.54, 1.807) is 0 Å². The summed E-state index contributed by atoms with van der Waals surface area (Å²) in [6.45, 7) is -2.70. The number of hydrogen-bond acceptors (Lipinski definition) is 2. The van der Waals surface area contributed by atoms with Gasteiger partial charge in [0.1, 0.15) is 0 Å². The Kier molecular flexibility index (Phi) is 3.77. The molecule has 0 atom stereocenters. The lowest BCUT2D eigenvalue weighted by molar-refractivity contribution is -0.412. The Morgan fingerprint density at radius 2 is 1.12 bits per heavy atom. The molecule has 0 aromatic heterocycles. The van der Waals surface area contributed by atoms with Crippen molar-refractivity contribution in [3.8, 4) is 0 Å². The van der Waals surface area contributed by atoms with E-state index in [4.69, 9.17) is 5.26 Å². The molecule has 0 aromatic rings. The average Bonchev–Trinajstić information content (AvgIpc) is 2.01. The maximum atomic E-state index is 12.3. The smallest absolute Gasteiger partial charge is 0.252 e. The van der Waals surface area contributed by atoms with E-state index < -0.39 is 30.6 Å². The minimum atomic E-state index is -6.96. The first-order chi connectivity index (χ1) is 6.81. The summed E-state index contributed by atoms with van der Waals surface area (Å²) in [5.74, 6) is -19.6. The molecule has 0 unspecified atom stereocenters. The molecule has 1 N–H and O–H groups in total. The largest absolute Gasteiger partial charge is 0.460 e. The van der Waals surface area contributed by atoms with Crippen LogP contribution in [0.15, 0.2) is 0 Å². The minimum Gasteiger partial charge on any atom is -0.252 e. The van der Waals surface area contributed by atoms with Crippen LogP contribution in [0.25, 0.3) is 0 Å². The Labute approximate surface area is 81.5 Å². The second kappa shape index (κ2) is 3.95. The molecule has 0 fully saturated rings. The zero-order valence-electron chi connectivity index (χ0n) is 6.96. The van der Waals surface area contributed by atoms with Crippen molar-refractivity contribution in [2.75, 3.05) is 6.61 Å². The number of alkyl halides is 9. The van der Waals surface area contributed by atoms with Gasteiger partial charge in [0.2, 0.25) is 0 Å². The van der Waals surface area contributed by atoms with Crippen molar-refractivity contribution in [3.05, 3.63) is 0 Å². The normalized spacial score (nSPS) is 15.4. The third-order valence-electron chi connectivity index (χ3n) is 1.46. The molecule has 16 heavy (non-hydrogen) atoms. The van der Waals surface area contributed by atoms with Crippen molar-refractivity contribution in [2.45, 2.75) is 23.9 Å². The van der Waals surface area contributed by atoms with E-state index in [1.165, 1.54) is 0 Å². The number of hydrogen-bond donors (Lipinski definition) is 1. The Balaban J connectivity index is 5.34. The van der Waals surface area contributed by atoms with Crippen LogP contribution in [0.1, 0.15) is 0 Å². The van der Waals surface area contributed by atoms with E-state index in [1.807, 2.05) is 0 Å². The minimum absolute atomic E-state index is 2.47. The Morgan fingerprint density at radius 3 is 1.38 bits per heavy atom. The van der Waals surface area contributed by atoms with Gasteiger partial charge in [0.15, 0.2) is 6.61 Å². The van der Waals surface area contributed by atoms with Crippen LogP contribution in [0.3, 0.4) is 0 Å². The molecule has 2 nitrogen and oxygen atoms in total. The summed E-state index contributed by atoms with van der Waals surface area (Å²) >= 11 is 0. The van der Waals surface area contributed by atoms with Crippen LogP contribution in [-0.4, -0.2) is 35.8 Å². The molecule has 0 saturated carbocycles. The predicted octanol–water partition coefficient (Wildman–Crippen LogP) is 2.94. The van der Waals surface area contributed by atoms with Gasteiger partial charge in [0.05, 0.1) is 0 Å². The molecule has 0 heterocycles. The lowest BCUT2D eigenvalue weighted by Crippen LogP contribution is -2.62. The highest BCUT2D eigenvalue weighted by Gasteiger charge is 2.81. The highest BCUT2D eigenvalue weighted by molar-refractivity contribution is 5.00. The van der Waals surface area contributed by atoms with Gasteiger partial charge in [-0.1, -0.05) is 0 Å². The topological polar surface area (TPSA) is 29.5 Å². The van der Waals surface area contributed by atoms with Crippen molar-refractivity contribution >= 4 is 0 Å². The van der Waals surface area contributed by atoms with Gasteiger partial charge in [0.25, 0.3) is 0 Å². The molecule has 0 spiro atoms. The molecule has 98 valence electrons. The Morgan fingerprint density at radius 1 is 0.750 bits per heavy atom. The zero-order chi connectivity index (χ0) is 13.4. The molecule has 0 aliphatic rings. The summed E-state index contributed by atoms with van der Waals surface area (Å²) in [6, 6.07) is 0. The highest BCUT2D eigenvalue weighted by Crippen LogP contribution is 2.52. The van der Waals surface area contributed by atoms with Gasteiger partial charge in [-0.25, -0.2) is 4.89 Å². The second-order valence-electron chi connectivity index (χ2n) is 2.62. The first kappa shape index (κ1) is 15.3. The predicted molar refractivity (Wildman–Crippen MR) is 29.5 cm³/mol. The van der Waals surface area contributed by atoms with Crippen LogP contribution in [0.2, 0.25) is 0 Å². The summed E-state index contributed by atoms with van der Waals surface area (Å²) in [5, 5.41) is 7.39. The number of halogens is 9. The van der Waals surface area contributed by atoms with Crippen LogP contribution >= 0.6 is 0 Å². The van der Waals surface area contributed by atoms with Crippen molar-refractivity contribution in [3.63, 3.8) is 0 Å². The zero-order valence-corrected chi connectivity index (χ0v) is 6.96. The van der Waals surface area contributed by atoms with Crippen LogP contribution in [0.5, 0.6) is 0 Å². The van der Waals surface area contributed by atoms with Crippen molar-refractivity contribution in [1.29, 1.82) is 0 Å². The van der Waals surface area contributed by atoms with Crippen LogP contribution in [-0.2, 0) is 4.89 Å². The maximum Gasteiger partial charge on any atom is 0.460 e. The SMILES string of the molecule is OOCC(F)(F)C(F)(F)C(F)(F)C(F)(F)F. The first-order valence-electron chi connectivity index (χ1n) is 3.28. The molecule has 0 rings (SSSR count). The van der Waals surface area contributed by atoms with Crippen LogP contribution in [0, 0.1) is 0 Å². The van der Waals surface area contributed by atoms with E-state index in [9.17, 15) is 39.5 Å². The molecule has 0 bridgehead atoms. The van der Waals surface area contributed by atoms with E-state index in [0.717, 1.165) is 0 Å².